The van der Waals surface area contributed by atoms with Crippen molar-refractivity contribution < 1.29 is 0 Å². The number of nitrogens with two attached hydrogens (primary N) is 1. The molecule has 82 valence electrons. The third kappa shape index (κ3) is 2.47. The molecular formula is C10H10BrN5. The SMILES string of the molecule is NNc1cncc(Nc2ccccc2Br)n1. The van der Waals surface area contributed by atoms with Crippen molar-refractivity contribution in [2.75, 3.05) is 10.7 Å². The van der Waals surface area contributed by atoms with Crippen LogP contribution in [0.15, 0.2) is 41.1 Å². The summed E-state index contributed by atoms with van der Waals surface area (Å²) < 4.78 is 0.961. The molecule has 0 bridgehead atoms. The Morgan fingerprint density at radius 2 is 1.88 bits per heavy atom. The van der Waals surface area contributed by atoms with Gasteiger partial charge in [-0.1, -0.05) is 12.1 Å². The molecule has 1 aromatic heterocycles. The van der Waals surface area contributed by atoms with Crippen LogP contribution in [0.1, 0.15) is 0 Å². The Labute approximate surface area is 101 Å². The summed E-state index contributed by atoms with van der Waals surface area (Å²) in [5.41, 5.74) is 3.36. The molecule has 5 nitrogen and oxygen atoms in total. The van der Waals surface area contributed by atoms with E-state index in [-0.39, 0.29) is 0 Å². The van der Waals surface area contributed by atoms with Gasteiger partial charge in [0.25, 0.3) is 0 Å². The molecule has 2 rings (SSSR count). The van der Waals surface area contributed by atoms with E-state index >= 15 is 0 Å². The van der Waals surface area contributed by atoms with Gasteiger partial charge in [0, 0.05) is 4.47 Å². The van der Waals surface area contributed by atoms with Crippen molar-refractivity contribution in [3.63, 3.8) is 0 Å². The number of aromatic nitrogens is 2. The number of hydrazine groups is 1. The lowest BCUT2D eigenvalue weighted by atomic mass is 10.3. The van der Waals surface area contributed by atoms with Gasteiger partial charge in [-0.2, -0.15) is 0 Å². The average molecular weight is 280 g/mol. The maximum atomic E-state index is 5.25. The first-order chi connectivity index (χ1) is 7.79. The van der Waals surface area contributed by atoms with Crippen LogP contribution in [-0.4, -0.2) is 9.97 Å². The summed E-state index contributed by atoms with van der Waals surface area (Å²) in [6.07, 6.45) is 3.17. The summed E-state index contributed by atoms with van der Waals surface area (Å²) in [5, 5.41) is 3.13. The van der Waals surface area contributed by atoms with Crippen LogP contribution in [0.2, 0.25) is 0 Å². The summed E-state index contributed by atoms with van der Waals surface area (Å²) in [5.74, 6) is 6.39. The molecule has 0 aliphatic heterocycles. The quantitative estimate of drug-likeness (QED) is 0.594. The summed E-state index contributed by atoms with van der Waals surface area (Å²) in [6, 6.07) is 7.76. The van der Waals surface area contributed by atoms with E-state index < -0.39 is 0 Å². The number of nitrogen functional groups attached to an aromatic ring is 1. The Balaban J connectivity index is 2.24. The number of halogens is 1. The fraction of sp³-hybridized carbons (Fsp3) is 0. The third-order valence-corrected chi connectivity index (χ3v) is 2.61. The molecule has 1 aromatic carbocycles. The van der Waals surface area contributed by atoms with Gasteiger partial charge < -0.3 is 10.7 Å². The van der Waals surface area contributed by atoms with Crippen molar-refractivity contribution >= 4 is 33.3 Å². The second kappa shape index (κ2) is 4.91. The van der Waals surface area contributed by atoms with E-state index in [1.54, 1.807) is 12.4 Å². The van der Waals surface area contributed by atoms with E-state index in [4.69, 9.17) is 5.84 Å². The number of nitrogens with zero attached hydrogens (tertiary/aromatic N) is 2. The Hall–Kier alpha value is -1.66. The molecule has 0 aliphatic rings. The normalized spacial score (nSPS) is 9.88. The highest BCUT2D eigenvalue weighted by Gasteiger charge is 2.01. The maximum absolute atomic E-state index is 5.25. The summed E-state index contributed by atoms with van der Waals surface area (Å²) >= 11 is 3.44. The smallest absolute Gasteiger partial charge is 0.160 e. The highest BCUT2D eigenvalue weighted by molar-refractivity contribution is 9.10. The Kier molecular flexibility index (Phi) is 3.33. The predicted molar refractivity (Wildman–Crippen MR) is 67.3 cm³/mol. The van der Waals surface area contributed by atoms with Crippen molar-refractivity contribution in [3.05, 3.63) is 41.1 Å². The topological polar surface area (TPSA) is 75.9 Å². The molecule has 16 heavy (non-hydrogen) atoms. The number of anilines is 3. The van der Waals surface area contributed by atoms with Crippen LogP contribution < -0.4 is 16.6 Å². The van der Waals surface area contributed by atoms with Crippen molar-refractivity contribution in [2.24, 2.45) is 5.84 Å². The number of hydrogen-bond donors (Lipinski definition) is 3. The first-order valence-electron chi connectivity index (χ1n) is 4.60. The van der Waals surface area contributed by atoms with Crippen LogP contribution in [0.4, 0.5) is 17.3 Å². The van der Waals surface area contributed by atoms with E-state index in [1.807, 2.05) is 24.3 Å². The molecule has 0 aliphatic carbocycles. The summed E-state index contributed by atoms with van der Waals surface area (Å²) in [7, 11) is 0. The van der Waals surface area contributed by atoms with E-state index in [1.165, 1.54) is 0 Å². The average Bonchev–Trinajstić information content (AvgIpc) is 2.32. The van der Waals surface area contributed by atoms with Crippen LogP contribution in [0.25, 0.3) is 0 Å². The van der Waals surface area contributed by atoms with E-state index in [0.29, 0.717) is 11.6 Å². The van der Waals surface area contributed by atoms with Gasteiger partial charge in [0.15, 0.2) is 11.6 Å². The zero-order valence-electron chi connectivity index (χ0n) is 8.31. The van der Waals surface area contributed by atoms with Gasteiger partial charge in [0.1, 0.15) is 0 Å². The number of benzene rings is 1. The minimum absolute atomic E-state index is 0.511. The lowest BCUT2D eigenvalue weighted by Gasteiger charge is -2.07. The van der Waals surface area contributed by atoms with Gasteiger partial charge in [-0.25, -0.2) is 10.8 Å². The first kappa shape index (κ1) is 10.8. The predicted octanol–water partition coefficient (Wildman–Crippen LogP) is 2.27. The minimum atomic E-state index is 0.511. The van der Waals surface area contributed by atoms with Gasteiger partial charge in [-0.15, -0.1) is 0 Å². The van der Waals surface area contributed by atoms with Gasteiger partial charge in [-0.05, 0) is 28.1 Å². The molecule has 0 saturated carbocycles. The van der Waals surface area contributed by atoms with Crippen LogP contribution in [0.5, 0.6) is 0 Å². The highest BCUT2D eigenvalue weighted by Crippen LogP contribution is 2.24. The monoisotopic (exact) mass is 279 g/mol. The van der Waals surface area contributed by atoms with Crippen LogP contribution >= 0.6 is 15.9 Å². The second-order valence-electron chi connectivity index (χ2n) is 3.04. The van der Waals surface area contributed by atoms with Gasteiger partial charge in [0.05, 0.1) is 18.1 Å². The van der Waals surface area contributed by atoms with Crippen LogP contribution in [-0.2, 0) is 0 Å². The summed E-state index contributed by atoms with van der Waals surface area (Å²) in [4.78, 5) is 8.20. The lowest BCUT2D eigenvalue weighted by Crippen LogP contribution is -2.09. The maximum Gasteiger partial charge on any atom is 0.160 e. The fourth-order valence-electron chi connectivity index (χ4n) is 1.20. The molecule has 0 fully saturated rings. The van der Waals surface area contributed by atoms with Crippen molar-refractivity contribution in [1.29, 1.82) is 0 Å². The molecular weight excluding hydrogens is 270 g/mol. The zero-order chi connectivity index (χ0) is 11.4. The molecule has 4 N–H and O–H groups in total. The molecule has 1 heterocycles. The highest BCUT2D eigenvalue weighted by atomic mass is 79.9. The fourth-order valence-corrected chi connectivity index (χ4v) is 1.58. The molecule has 0 spiro atoms. The Morgan fingerprint density at radius 1 is 1.12 bits per heavy atom. The minimum Gasteiger partial charge on any atom is -0.338 e. The van der Waals surface area contributed by atoms with Crippen molar-refractivity contribution in [3.8, 4) is 0 Å². The largest absolute Gasteiger partial charge is 0.338 e. The van der Waals surface area contributed by atoms with Gasteiger partial charge in [0.2, 0.25) is 0 Å². The Morgan fingerprint density at radius 3 is 2.62 bits per heavy atom. The molecule has 0 atom stereocenters. The lowest BCUT2D eigenvalue weighted by molar-refractivity contribution is 1.16. The van der Waals surface area contributed by atoms with Crippen LogP contribution in [0, 0.1) is 0 Å². The number of para-hydroxylation sites is 1. The van der Waals surface area contributed by atoms with Gasteiger partial charge in [-0.3, -0.25) is 4.98 Å². The molecule has 0 amide bonds. The van der Waals surface area contributed by atoms with Crippen molar-refractivity contribution in [2.45, 2.75) is 0 Å². The van der Waals surface area contributed by atoms with Crippen LogP contribution in [0.3, 0.4) is 0 Å². The molecule has 0 radical (unpaired) electrons. The molecule has 0 saturated heterocycles. The number of hydrogen-bond acceptors (Lipinski definition) is 5. The second-order valence-corrected chi connectivity index (χ2v) is 3.89. The van der Waals surface area contributed by atoms with E-state index in [9.17, 15) is 0 Å². The van der Waals surface area contributed by atoms with E-state index in [2.05, 4.69) is 36.6 Å². The number of nitrogens with one attached hydrogen (secondary N) is 2. The standard InChI is InChI=1S/C10H10BrN5/c11-7-3-1-2-4-8(7)14-9-5-13-6-10(15-9)16-12/h1-6H,12H2,(H2,14,15,16). The Bertz CT molecular complexity index is 488. The van der Waals surface area contributed by atoms with E-state index in [0.717, 1.165) is 10.2 Å². The molecule has 6 heteroatoms. The number of rotatable bonds is 3. The molecule has 2 aromatic rings. The van der Waals surface area contributed by atoms with Crippen molar-refractivity contribution in [1.82, 2.24) is 9.97 Å². The molecule has 0 unspecified atom stereocenters. The third-order valence-electron chi connectivity index (χ3n) is 1.92. The zero-order valence-corrected chi connectivity index (χ0v) is 9.90. The van der Waals surface area contributed by atoms with Gasteiger partial charge >= 0.3 is 0 Å². The summed E-state index contributed by atoms with van der Waals surface area (Å²) in [6.45, 7) is 0. The first-order valence-corrected chi connectivity index (χ1v) is 5.39.